The van der Waals surface area contributed by atoms with E-state index in [1.807, 2.05) is 24.3 Å². The minimum atomic E-state index is -0.914. The lowest BCUT2D eigenvalue weighted by molar-refractivity contribution is 0.0696. The number of nitrogens with one attached hydrogen (secondary N) is 1. The van der Waals surface area contributed by atoms with Crippen molar-refractivity contribution in [2.45, 2.75) is 20.3 Å². The van der Waals surface area contributed by atoms with Crippen LogP contribution in [0.4, 0.5) is 0 Å². The zero-order valence-electron chi connectivity index (χ0n) is 11.1. The van der Waals surface area contributed by atoms with Gasteiger partial charge in [0.15, 0.2) is 0 Å². The molecule has 19 heavy (non-hydrogen) atoms. The number of rotatable bonds is 5. The molecule has 1 aromatic heterocycles. The average Bonchev–Trinajstić information content (AvgIpc) is 2.79. The van der Waals surface area contributed by atoms with Crippen LogP contribution in [0.1, 0.15) is 29.4 Å². The molecule has 0 amide bonds. The Kier molecular flexibility index (Phi) is 3.90. The Bertz CT molecular complexity index is 570. The molecule has 0 radical (unpaired) electrons. The van der Waals surface area contributed by atoms with Crippen LogP contribution in [-0.2, 0) is 0 Å². The van der Waals surface area contributed by atoms with Gasteiger partial charge in [-0.3, -0.25) is 0 Å². The fourth-order valence-electron chi connectivity index (χ4n) is 1.89. The monoisotopic (exact) mass is 259 g/mol. The molecule has 0 unspecified atom stereocenters. The SMILES string of the molecule is CCCOc1ccc(-c2cc(C(=O)O)c(C)[nH]2)cc1. The number of carboxylic acid groups (broad SMARTS) is 1. The molecule has 2 aromatic rings. The van der Waals surface area contributed by atoms with Crippen LogP contribution >= 0.6 is 0 Å². The minimum Gasteiger partial charge on any atom is -0.494 e. The molecule has 0 aliphatic carbocycles. The summed E-state index contributed by atoms with van der Waals surface area (Å²) < 4.78 is 5.51. The summed E-state index contributed by atoms with van der Waals surface area (Å²) in [6, 6.07) is 9.27. The molecule has 0 atom stereocenters. The normalized spacial score (nSPS) is 10.4. The van der Waals surface area contributed by atoms with E-state index in [-0.39, 0.29) is 0 Å². The van der Waals surface area contributed by atoms with Crippen LogP contribution in [0.25, 0.3) is 11.3 Å². The third-order valence-corrected chi connectivity index (χ3v) is 2.88. The molecule has 0 fully saturated rings. The van der Waals surface area contributed by atoms with Gasteiger partial charge in [0.1, 0.15) is 5.75 Å². The van der Waals surface area contributed by atoms with Gasteiger partial charge >= 0.3 is 5.97 Å². The van der Waals surface area contributed by atoms with Crippen LogP contribution in [0.15, 0.2) is 30.3 Å². The summed E-state index contributed by atoms with van der Waals surface area (Å²) in [5.41, 5.74) is 2.71. The van der Waals surface area contributed by atoms with Gasteiger partial charge in [0.2, 0.25) is 0 Å². The first-order valence-corrected chi connectivity index (χ1v) is 6.28. The molecule has 1 heterocycles. The number of hydrogen-bond donors (Lipinski definition) is 2. The highest BCUT2D eigenvalue weighted by atomic mass is 16.5. The number of aromatic amines is 1. The smallest absolute Gasteiger partial charge is 0.337 e. The molecule has 0 saturated carbocycles. The van der Waals surface area contributed by atoms with Crippen molar-refractivity contribution in [1.82, 2.24) is 4.98 Å². The lowest BCUT2D eigenvalue weighted by Crippen LogP contribution is -1.95. The van der Waals surface area contributed by atoms with Crippen molar-refractivity contribution in [2.24, 2.45) is 0 Å². The van der Waals surface area contributed by atoms with E-state index in [2.05, 4.69) is 11.9 Å². The summed E-state index contributed by atoms with van der Waals surface area (Å²) in [7, 11) is 0. The molecule has 4 nitrogen and oxygen atoms in total. The van der Waals surface area contributed by atoms with Gasteiger partial charge in [-0.1, -0.05) is 6.92 Å². The number of carboxylic acids is 1. The third kappa shape index (κ3) is 2.96. The standard InChI is InChI=1S/C15H17NO3/c1-3-8-19-12-6-4-11(5-7-12)14-9-13(15(17)18)10(2)16-14/h4-7,9,16H,3,8H2,1-2H3,(H,17,18). The number of aromatic nitrogens is 1. The quantitative estimate of drug-likeness (QED) is 0.864. The van der Waals surface area contributed by atoms with Crippen molar-refractivity contribution < 1.29 is 14.6 Å². The molecule has 1 aromatic carbocycles. The van der Waals surface area contributed by atoms with Crippen LogP contribution in [-0.4, -0.2) is 22.7 Å². The van der Waals surface area contributed by atoms with Gasteiger partial charge in [-0.15, -0.1) is 0 Å². The fraction of sp³-hybridized carbons (Fsp3) is 0.267. The Hall–Kier alpha value is -2.23. The maximum Gasteiger partial charge on any atom is 0.337 e. The minimum absolute atomic E-state index is 0.307. The molecule has 2 rings (SSSR count). The molecular weight excluding hydrogens is 242 g/mol. The van der Waals surface area contributed by atoms with E-state index < -0.39 is 5.97 Å². The predicted molar refractivity (Wildman–Crippen MR) is 73.7 cm³/mol. The van der Waals surface area contributed by atoms with Crippen LogP contribution in [0.2, 0.25) is 0 Å². The molecule has 0 spiro atoms. The lowest BCUT2D eigenvalue weighted by Gasteiger charge is -2.05. The van der Waals surface area contributed by atoms with Gasteiger partial charge in [0.05, 0.1) is 12.2 Å². The maximum atomic E-state index is 11.0. The van der Waals surface area contributed by atoms with Gasteiger partial charge in [-0.05, 0) is 49.2 Å². The van der Waals surface area contributed by atoms with Gasteiger partial charge < -0.3 is 14.8 Å². The number of carbonyl (C=O) groups is 1. The molecule has 0 aliphatic rings. The van der Waals surface area contributed by atoms with Crippen molar-refractivity contribution >= 4 is 5.97 Å². The largest absolute Gasteiger partial charge is 0.494 e. The summed E-state index contributed by atoms with van der Waals surface area (Å²) in [4.78, 5) is 14.1. The van der Waals surface area contributed by atoms with Crippen molar-refractivity contribution in [2.75, 3.05) is 6.61 Å². The Labute approximate surface area is 112 Å². The number of hydrogen-bond acceptors (Lipinski definition) is 2. The van der Waals surface area contributed by atoms with E-state index in [0.29, 0.717) is 17.9 Å². The van der Waals surface area contributed by atoms with Crippen LogP contribution in [0.3, 0.4) is 0 Å². The Morgan fingerprint density at radius 1 is 1.32 bits per heavy atom. The number of aryl methyl sites for hydroxylation is 1. The second-order valence-electron chi connectivity index (χ2n) is 4.40. The van der Waals surface area contributed by atoms with E-state index in [9.17, 15) is 4.79 Å². The number of aromatic carboxylic acids is 1. The van der Waals surface area contributed by atoms with Gasteiger partial charge in [0, 0.05) is 11.4 Å². The number of H-pyrrole nitrogens is 1. The van der Waals surface area contributed by atoms with E-state index in [1.165, 1.54) is 0 Å². The first kappa shape index (κ1) is 13.2. The molecular formula is C15H17NO3. The zero-order valence-corrected chi connectivity index (χ0v) is 11.1. The molecule has 100 valence electrons. The van der Waals surface area contributed by atoms with Crippen molar-refractivity contribution in [3.8, 4) is 17.0 Å². The zero-order chi connectivity index (χ0) is 13.8. The lowest BCUT2D eigenvalue weighted by atomic mass is 10.1. The van der Waals surface area contributed by atoms with Crippen molar-refractivity contribution in [3.63, 3.8) is 0 Å². The Morgan fingerprint density at radius 3 is 2.53 bits per heavy atom. The maximum absolute atomic E-state index is 11.0. The first-order chi connectivity index (χ1) is 9.11. The van der Waals surface area contributed by atoms with Crippen molar-refractivity contribution in [3.05, 3.63) is 41.6 Å². The Morgan fingerprint density at radius 2 is 2.00 bits per heavy atom. The average molecular weight is 259 g/mol. The van der Waals surface area contributed by atoms with Gasteiger partial charge in [-0.2, -0.15) is 0 Å². The highest BCUT2D eigenvalue weighted by molar-refractivity contribution is 5.90. The first-order valence-electron chi connectivity index (χ1n) is 6.28. The summed E-state index contributed by atoms with van der Waals surface area (Å²) in [6.45, 7) is 4.51. The van der Waals surface area contributed by atoms with Crippen LogP contribution < -0.4 is 4.74 Å². The third-order valence-electron chi connectivity index (χ3n) is 2.88. The second-order valence-corrected chi connectivity index (χ2v) is 4.40. The predicted octanol–water partition coefficient (Wildman–Crippen LogP) is 3.48. The number of benzene rings is 1. The van der Waals surface area contributed by atoms with Gasteiger partial charge in [-0.25, -0.2) is 4.79 Å². The van der Waals surface area contributed by atoms with Crippen LogP contribution in [0.5, 0.6) is 5.75 Å². The highest BCUT2D eigenvalue weighted by Crippen LogP contribution is 2.24. The number of ether oxygens (including phenoxy) is 1. The molecule has 0 bridgehead atoms. The van der Waals surface area contributed by atoms with E-state index >= 15 is 0 Å². The van der Waals surface area contributed by atoms with Crippen molar-refractivity contribution in [1.29, 1.82) is 0 Å². The summed E-state index contributed by atoms with van der Waals surface area (Å²) in [5, 5.41) is 9.03. The van der Waals surface area contributed by atoms with E-state index in [4.69, 9.17) is 9.84 Å². The highest BCUT2D eigenvalue weighted by Gasteiger charge is 2.12. The topological polar surface area (TPSA) is 62.3 Å². The Balaban J connectivity index is 2.22. The fourth-order valence-corrected chi connectivity index (χ4v) is 1.89. The summed E-state index contributed by atoms with van der Waals surface area (Å²) in [6.07, 6.45) is 0.972. The summed E-state index contributed by atoms with van der Waals surface area (Å²) >= 11 is 0. The van der Waals surface area contributed by atoms with E-state index in [0.717, 1.165) is 23.4 Å². The molecule has 0 aliphatic heterocycles. The van der Waals surface area contributed by atoms with Gasteiger partial charge in [0.25, 0.3) is 0 Å². The molecule has 0 saturated heterocycles. The second kappa shape index (κ2) is 5.61. The van der Waals surface area contributed by atoms with E-state index in [1.54, 1.807) is 13.0 Å². The molecule has 2 N–H and O–H groups in total. The molecule has 4 heteroatoms. The summed E-state index contributed by atoms with van der Waals surface area (Å²) in [5.74, 6) is -0.0877. The van der Waals surface area contributed by atoms with Crippen LogP contribution in [0, 0.1) is 6.92 Å².